The Morgan fingerprint density at radius 1 is 1.35 bits per heavy atom. The van der Waals surface area contributed by atoms with Gasteiger partial charge in [0.1, 0.15) is 5.76 Å². The molecule has 0 unspecified atom stereocenters. The minimum atomic E-state index is 0.146. The van der Waals surface area contributed by atoms with Crippen LogP contribution in [0.3, 0.4) is 0 Å². The van der Waals surface area contributed by atoms with E-state index in [1.807, 2.05) is 29.3 Å². The average Bonchev–Trinajstić information content (AvgIpc) is 3.31. The maximum absolute atomic E-state index is 12.9. The van der Waals surface area contributed by atoms with E-state index in [0.29, 0.717) is 12.3 Å². The van der Waals surface area contributed by atoms with Gasteiger partial charge in [-0.3, -0.25) is 14.7 Å². The maximum Gasteiger partial charge on any atom is 0.230 e. The van der Waals surface area contributed by atoms with Crippen LogP contribution in [0.15, 0.2) is 47.3 Å². The van der Waals surface area contributed by atoms with Gasteiger partial charge in [0.2, 0.25) is 5.91 Å². The number of carbonyl (C=O) groups excluding carboxylic acids is 1. The molecule has 2 aliphatic rings. The molecule has 0 aliphatic carbocycles. The van der Waals surface area contributed by atoms with Crippen LogP contribution in [-0.2, 0) is 22.5 Å². The molecule has 26 heavy (non-hydrogen) atoms. The number of likely N-dealkylation sites (tertiary alicyclic amines) is 2. The van der Waals surface area contributed by atoms with Crippen molar-refractivity contribution in [2.24, 2.45) is 5.92 Å². The van der Waals surface area contributed by atoms with Crippen molar-refractivity contribution in [2.75, 3.05) is 26.7 Å². The first kappa shape index (κ1) is 17.2. The molecule has 138 valence electrons. The van der Waals surface area contributed by atoms with E-state index >= 15 is 0 Å². The Labute approximate surface area is 153 Å². The zero-order chi connectivity index (χ0) is 17.9. The molecule has 0 saturated carbocycles. The fourth-order valence-electron chi connectivity index (χ4n) is 4.38. The fraction of sp³-hybridized carbons (Fsp3) is 0.500. The van der Waals surface area contributed by atoms with Gasteiger partial charge in [-0.15, -0.1) is 0 Å². The van der Waals surface area contributed by atoms with Crippen LogP contribution < -0.4 is 0 Å². The van der Waals surface area contributed by atoms with Gasteiger partial charge in [0, 0.05) is 51.6 Å². The summed E-state index contributed by atoms with van der Waals surface area (Å²) in [5.41, 5.74) is 1.20. The van der Waals surface area contributed by atoms with Gasteiger partial charge in [-0.05, 0) is 30.2 Å². The summed E-state index contributed by atoms with van der Waals surface area (Å²) in [5.74, 6) is 1.23. The third-order valence-electron chi connectivity index (χ3n) is 5.60. The standard InChI is InChI=1S/C20H25N3O3/c1-25-19-6-8-23(20(24)10-16-5-3-9-26-16)18-14-22(13-17(18)19)12-15-4-2-7-21-11-15/h2-5,7,9,11,17-19H,6,8,10,12-14H2,1H3/t17-,18+,19+/m0/s1. The number of hydrogen-bond acceptors (Lipinski definition) is 5. The van der Waals surface area contributed by atoms with Crippen molar-refractivity contribution in [3.63, 3.8) is 0 Å². The molecule has 6 heteroatoms. The first-order valence-electron chi connectivity index (χ1n) is 9.20. The molecule has 2 aromatic rings. The molecule has 0 N–H and O–H groups in total. The van der Waals surface area contributed by atoms with E-state index in [2.05, 4.69) is 16.0 Å². The second-order valence-corrected chi connectivity index (χ2v) is 7.19. The highest BCUT2D eigenvalue weighted by Crippen LogP contribution is 2.33. The Kier molecular flexibility index (Phi) is 5.04. The van der Waals surface area contributed by atoms with Crippen molar-refractivity contribution in [2.45, 2.75) is 31.5 Å². The van der Waals surface area contributed by atoms with Crippen LogP contribution in [-0.4, -0.2) is 59.6 Å². The van der Waals surface area contributed by atoms with Gasteiger partial charge in [-0.25, -0.2) is 0 Å². The van der Waals surface area contributed by atoms with E-state index in [0.717, 1.165) is 38.4 Å². The third-order valence-corrected chi connectivity index (χ3v) is 5.60. The van der Waals surface area contributed by atoms with Crippen LogP contribution in [0.25, 0.3) is 0 Å². The summed E-state index contributed by atoms with van der Waals surface area (Å²) in [6.45, 7) is 3.43. The number of nitrogens with zero attached hydrogens (tertiary/aromatic N) is 3. The Morgan fingerprint density at radius 3 is 3.00 bits per heavy atom. The second-order valence-electron chi connectivity index (χ2n) is 7.19. The lowest BCUT2D eigenvalue weighted by atomic mass is 9.88. The quantitative estimate of drug-likeness (QED) is 0.821. The average molecular weight is 355 g/mol. The van der Waals surface area contributed by atoms with Crippen molar-refractivity contribution >= 4 is 5.91 Å². The van der Waals surface area contributed by atoms with Gasteiger partial charge in [-0.2, -0.15) is 0 Å². The van der Waals surface area contributed by atoms with Crippen LogP contribution in [0.2, 0.25) is 0 Å². The van der Waals surface area contributed by atoms with Crippen LogP contribution in [0.5, 0.6) is 0 Å². The number of piperidine rings is 1. The van der Waals surface area contributed by atoms with E-state index in [4.69, 9.17) is 9.15 Å². The van der Waals surface area contributed by atoms with Gasteiger partial charge in [-0.1, -0.05) is 6.07 Å². The van der Waals surface area contributed by atoms with Crippen LogP contribution >= 0.6 is 0 Å². The Bertz CT molecular complexity index is 719. The lowest BCUT2D eigenvalue weighted by molar-refractivity contribution is -0.138. The van der Waals surface area contributed by atoms with Gasteiger partial charge < -0.3 is 14.1 Å². The molecule has 2 aliphatic heterocycles. The molecule has 4 rings (SSSR count). The number of amides is 1. The minimum absolute atomic E-state index is 0.146. The van der Waals surface area contributed by atoms with E-state index in [-0.39, 0.29) is 18.1 Å². The molecule has 3 atom stereocenters. The SMILES string of the molecule is CO[C@@H]1CCN(C(=O)Cc2ccco2)[C@@H]2CN(Cc3cccnc3)C[C@@H]21. The predicted octanol–water partition coefficient (Wildman–Crippen LogP) is 1.96. The lowest BCUT2D eigenvalue weighted by Crippen LogP contribution is -2.54. The number of ether oxygens (including phenoxy) is 1. The number of furan rings is 1. The van der Waals surface area contributed by atoms with Crippen molar-refractivity contribution in [3.8, 4) is 0 Å². The molecule has 4 heterocycles. The smallest absolute Gasteiger partial charge is 0.230 e. The lowest BCUT2D eigenvalue weighted by Gasteiger charge is -2.41. The summed E-state index contributed by atoms with van der Waals surface area (Å²) in [6, 6.07) is 7.96. The summed E-state index contributed by atoms with van der Waals surface area (Å²) in [4.78, 5) is 21.5. The predicted molar refractivity (Wildman–Crippen MR) is 96.3 cm³/mol. The number of pyridine rings is 1. The molecular weight excluding hydrogens is 330 g/mol. The van der Waals surface area contributed by atoms with E-state index in [1.54, 1.807) is 19.6 Å². The van der Waals surface area contributed by atoms with E-state index in [9.17, 15) is 4.79 Å². The minimum Gasteiger partial charge on any atom is -0.469 e. The largest absolute Gasteiger partial charge is 0.469 e. The van der Waals surface area contributed by atoms with Gasteiger partial charge in [0.05, 0.1) is 24.8 Å². The Hall–Kier alpha value is -2.18. The van der Waals surface area contributed by atoms with Crippen LogP contribution in [0.1, 0.15) is 17.7 Å². The van der Waals surface area contributed by atoms with Gasteiger partial charge in [0.15, 0.2) is 0 Å². The number of hydrogen-bond donors (Lipinski definition) is 0. The highest BCUT2D eigenvalue weighted by molar-refractivity contribution is 5.78. The zero-order valence-corrected chi connectivity index (χ0v) is 15.1. The summed E-state index contributed by atoms with van der Waals surface area (Å²) in [6.07, 6.45) is 6.76. The fourth-order valence-corrected chi connectivity index (χ4v) is 4.38. The summed E-state index contributed by atoms with van der Waals surface area (Å²) < 4.78 is 11.1. The van der Waals surface area contributed by atoms with Gasteiger partial charge in [0.25, 0.3) is 0 Å². The van der Waals surface area contributed by atoms with Crippen molar-refractivity contribution in [1.82, 2.24) is 14.8 Å². The van der Waals surface area contributed by atoms with E-state index in [1.165, 1.54) is 5.56 Å². The maximum atomic E-state index is 12.9. The van der Waals surface area contributed by atoms with Crippen molar-refractivity contribution < 1.29 is 13.9 Å². The molecule has 2 fully saturated rings. The molecule has 0 spiro atoms. The van der Waals surface area contributed by atoms with Crippen molar-refractivity contribution in [1.29, 1.82) is 0 Å². The van der Waals surface area contributed by atoms with Crippen molar-refractivity contribution in [3.05, 3.63) is 54.2 Å². The van der Waals surface area contributed by atoms with Gasteiger partial charge >= 0.3 is 0 Å². The van der Waals surface area contributed by atoms with Crippen LogP contribution in [0.4, 0.5) is 0 Å². The molecule has 2 saturated heterocycles. The third kappa shape index (κ3) is 3.52. The number of methoxy groups -OCH3 is 1. The summed E-state index contributed by atoms with van der Waals surface area (Å²) in [7, 11) is 1.78. The highest BCUT2D eigenvalue weighted by atomic mass is 16.5. The number of fused-ring (bicyclic) bond motifs is 1. The highest BCUT2D eigenvalue weighted by Gasteiger charge is 2.45. The molecule has 2 aromatic heterocycles. The Balaban J connectivity index is 1.47. The van der Waals surface area contributed by atoms with Crippen LogP contribution in [0, 0.1) is 5.92 Å². The molecule has 0 radical (unpaired) electrons. The number of rotatable bonds is 5. The molecule has 0 aromatic carbocycles. The molecule has 6 nitrogen and oxygen atoms in total. The number of carbonyl (C=O) groups is 1. The first-order valence-corrected chi connectivity index (χ1v) is 9.20. The summed E-state index contributed by atoms with van der Waals surface area (Å²) >= 11 is 0. The second kappa shape index (κ2) is 7.60. The zero-order valence-electron chi connectivity index (χ0n) is 15.1. The first-order chi connectivity index (χ1) is 12.7. The topological polar surface area (TPSA) is 58.8 Å². The molecular formula is C20H25N3O3. The number of aromatic nitrogens is 1. The summed E-state index contributed by atoms with van der Waals surface area (Å²) in [5, 5.41) is 0. The molecule has 0 bridgehead atoms. The Morgan fingerprint density at radius 2 is 2.27 bits per heavy atom. The monoisotopic (exact) mass is 355 g/mol. The van der Waals surface area contributed by atoms with E-state index < -0.39 is 0 Å². The molecule has 1 amide bonds. The normalized spacial score (nSPS) is 26.0.